The summed E-state index contributed by atoms with van der Waals surface area (Å²) in [5.74, 6) is -0.126. The average Bonchev–Trinajstić information content (AvgIpc) is 2.33. The average molecular weight is 250 g/mol. The molecule has 0 aromatic heterocycles. The zero-order chi connectivity index (χ0) is 13.5. The Kier molecular flexibility index (Phi) is 5.49. The first-order valence-corrected chi connectivity index (χ1v) is 6.47. The van der Waals surface area contributed by atoms with Crippen molar-refractivity contribution in [2.45, 2.75) is 45.6 Å². The second-order valence-corrected chi connectivity index (χ2v) is 4.52. The molecule has 0 aliphatic rings. The number of nitrogens with two attached hydrogens (primary N) is 1. The smallest absolute Gasteiger partial charge is 0.251 e. The van der Waals surface area contributed by atoms with Gasteiger partial charge in [0.2, 0.25) is 0 Å². The Morgan fingerprint density at radius 2 is 1.94 bits per heavy atom. The summed E-state index contributed by atoms with van der Waals surface area (Å²) in [6.07, 6.45) is 4.05. The molecule has 0 aliphatic heterocycles. The first-order valence-electron chi connectivity index (χ1n) is 6.47. The highest BCUT2D eigenvalue weighted by atomic mass is 16.3. The lowest BCUT2D eigenvalue weighted by molar-refractivity contribution is 0.0932. The number of carbonyl (C=O) groups is 1. The normalized spacial score (nSPS) is 10.6. The summed E-state index contributed by atoms with van der Waals surface area (Å²) in [5.41, 5.74) is 6.29. The molecule has 4 nitrogen and oxygen atoms in total. The lowest BCUT2D eigenvalue weighted by Gasteiger charge is -2.17. The van der Waals surface area contributed by atoms with E-state index in [4.69, 9.17) is 5.73 Å². The highest BCUT2D eigenvalue weighted by molar-refractivity contribution is 5.95. The number of nitrogens with one attached hydrogen (secondary N) is 1. The Balaban J connectivity index is 2.70. The lowest BCUT2D eigenvalue weighted by Crippen LogP contribution is -2.34. The van der Waals surface area contributed by atoms with Crippen LogP contribution in [0.5, 0.6) is 5.75 Å². The van der Waals surface area contributed by atoms with Crippen molar-refractivity contribution in [3.05, 3.63) is 23.8 Å². The van der Waals surface area contributed by atoms with E-state index in [9.17, 15) is 9.90 Å². The third-order valence-electron chi connectivity index (χ3n) is 2.90. The molecule has 0 bridgehead atoms. The van der Waals surface area contributed by atoms with Crippen molar-refractivity contribution in [1.29, 1.82) is 0 Å². The predicted octanol–water partition coefficient (Wildman–Crippen LogP) is 2.67. The molecule has 1 aromatic rings. The van der Waals surface area contributed by atoms with Gasteiger partial charge in [-0.2, -0.15) is 0 Å². The number of carbonyl (C=O) groups excluding carboxylic acids is 1. The number of nitrogen functional groups attached to an aromatic ring is 1. The first kappa shape index (κ1) is 14.4. The molecule has 4 heteroatoms. The Labute approximate surface area is 108 Å². The molecule has 1 rings (SSSR count). The van der Waals surface area contributed by atoms with Gasteiger partial charge in [0.25, 0.3) is 5.91 Å². The fraction of sp³-hybridized carbons (Fsp3) is 0.500. The van der Waals surface area contributed by atoms with Crippen LogP contribution in [0.4, 0.5) is 5.69 Å². The summed E-state index contributed by atoms with van der Waals surface area (Å²) in [5, 5.41) is 12.3. The maximum Gasteiger partial charge on any atom is 0.251 e. The van der Waals surface area contributed by atoms with Crippen LogP contribution >= 0.6 is 0 Å². The van der Waals surface area contributed by atoms with Gasteiger partial charge in [0, 0.05) is 11.6 Å². The molecule has 0 unspecified atom stereocenters. The first-order chi connectivity index (χ1) is 8.58. The Hall–Kier alpha value is -1.71. The topological polar surface area (TPSA) is 75.3 Å². The standard InChI is InChI=1S/C14H22N2O2/c1-3-5-11(6-4-2)16-14(18)10-7-8-13(17)12(15)9-10/h7-9,11,17H,3-6,15H2,1-2H3,(H,16,18). The van der Waals surface area contributed by atoms with Gasteiger partial charge in [-0.3, -0.25) is 4.79 Å². The van der Waals surface area contributed by atoms with Crippen molar-refractivity contribution < 1.29 is 9.90 Å². The number of amides is 1. The van der Waals surface area contributed by atoms with Crippen LogP contribution in [0, 0.1) is 0 Å². The van der Waals surface area contributed by atoms with E-state index in [1.165, 1.54) is 12.1 Å². The van der Waals surface area contributed by atoms with E-state index in [0.717, 1.165) is 25.7 Å². The number of rotatable bonds is 6. The van der Waals surface area contributed by atoms with Crippen LogP contribution in [-0.2, 0) is 0 Å². The van der Waals surface area contributed by atoms with E-state index in [0.29, 0.717) is 5.56 Å². The molecule has 0 heterocycles. The van der Waals surface area contributed by atoms with E-state index in [-0.39, 0.29) is 23.4 Å². The van der Waals surface area contributed by atoms with Crippen molar-refractivity contribution >= 4 is 11.6 Å². The van der Waals surface area contributed by atoms with E-state index in [2.05, 4.69) is 19.2 Å². The van der Waals surface area contributed by atoms with Gasteiger partial charge in [0.1, 0.15) is 5.75 Å². The molecule has 0 aliphatic carbocycles. The number of benzene rings is 1. The van der Waals surface area contributed by atoms with Gasteiger partial charge in [0.15, 0.2) is 0 Å². The highest BCUT2D eigenvalue weighted by Gasteiger charge is 2.13. The largest absolute Gasteiger partial charge is 0.506 e. The van der Waals surface area contributed by atoms with E-state index >= 15 is 0 Å². The fourth-order valence-electron chi connectivity index (χ4n) is 1.95. The molecule has 4 N–H and O–H groups in total. The molecule has 0 saturated heterocycles. The van der Waals surface area contributed by atoms with Gasteiger partial charge in [-0.05, 0) is 31.0 Å². The Bertz CT molecular complexity index is 399. The minimum atomic E-state index is -0.131. The van der Waals surface area contributed by atoms with Crippen LogP contribution in [0.15, 0.2) is 18.2 Å². The van der Waals surface area contributed by atoms with Crippen molar-refractivity contribution in [1.82, 2.24) is 5.32 Å². The third kappa shape index (κ3) is 3.95. The van der Waals surface area contributed by atoms with E-state index in [1.54, 1.807) is 6.07 Å². The van der Waals surface area contributed by atoms with Crippen molar-refractivity contribution in [3.63, 3.8) is 0 Å². The molecule has 0 fully saturated rings. The third-order valence-corrected chi connectivity index (χ3v) is 2.90. The number of phenolic OH excluding ortho intramolecular Hbond substituents is 1. The molecule has 0 atom stereocenters. The lowest BCUT2D eigenvalue weighted by atomic mass is 10.1. The molecule has 100 valence electrons. The quantitative estimate of drug-likeness (QED) is 0.536. The summed E-state index contributed by atoms with van der Waals surface area (Å²) < 4.78 is 0. The number of anilines is 1. The summed E-state index contributed by atoms with van der Waals surface area (Å²) >= 11 is 0. The minimum absolute atomic E-state index is 0.00483. The summed E-state index contributed by atoms with van der Waals surface area (Å²) in [6, 6.07) is 4.73. The van der Waals surface area contributed by atoms with Gasteiger partial charge >= 0.3 is 0 Å². The van der Waals surface area contributed by atoms with Crippen LogP contribution in [0.3, 0.4) is 0 Å². The van der Waals surface area contributed by atoms with Crippen LogP contribution < -0.4 is 11.1 Å². The predicted molar refractivity (Wildman–Crippen MR) is 73.6 cm³/mol. The van der Waals surface area contributed by atoms with Gasteiger partial charge in [-0.25, -0.2) is 0 Å². The van der Waals surface area contributed by atoms with Gasteiger partial charge in [-0.1, -0.05) is 26.7 Å². The summed E-state index contributed by atoms with van der Waals surface area (Å²) in [4.78, 5) is 12.0. The Morgan fingerprint density at radius 3 is 2.44 bits per heavy atom. The van der Waals surface area contributed by atoms with E-state index < -0.39 is 0 Å². The van der Waals surface area contributed by atoms with Crippen molar-refractivity contribution in [2.24, 2.45) is 0 Å². The second kappa shape index (κ2) is 6.89. The zero-order valence-electron chi connectivity index (χ0n) is 11.1. The second-order valence-electron chi connectivity index (χ2n) is 4.52. The zero-order valence-corrected chi connectivity index (χ0v) is 11.1. The number of aromatic hydroxyl groups is 1. The van der Waals surface area contributed by atoms with Crippen LogP contribution in [0.2, 0.25) is 0 Å². The number of phenols is 1. The minimum Gasteiger partial charge on any atom is -0.506 e. The number of hydrogen-bond acceptors (Lipinski definition) is 3. The molecule has 0 spiro atoms. The van der Waals surface area contributed by atoms with Crippen LogP contribution in [-0.4, -0.2) is 17.1 Å². The van der Waals surface area contributed by atoms with Crippen LogP contribution in [0.25, 0.3) is 0 Å². The fourth-order valence-corrected chi connectivity index (χ4v) is 1.95. The summed E-state index contributed by atoms with van der Waals surface area (Å²) in [7, 11) is 0. The maximum absolute atomic E-state index is 12.0. The molecule has 0 saturated carbocycles. The molecule has 18 heavy (non-hydrogen) atoms. The molecular weight excluding hydrogens is 228 g/mol. The van der Waals surface area contributed by atoms with Crippen LogP contribution in [0.1, 0.15) is 49.9 Å². The van der Waals surface area contributed by atoms with E-state index in [1.807, 2.05) is 0 Å². The highest BCUT2D eigenvalue weighted by Crippen LogP contribution is 2.20. The van der Waals surface area contributed by atoms with Crippen molar-refractivity contribution in [3.8, 4) is 5.75 Å². The summed E-state index contributed by atoms with van der Waals surface area (Å²) in [6.45, 7) is 4.21. The van der Waals surface area contributed by atoms with Gasteiger partial charge in [0.05, 0.1) is 5.69 Å². The molecule has 0 radical (unpaired) electrons. The van der Waals surface area contributed by atoms with Gasteiger partial charge in [-0.15, -0.1) is 0 Å². The van der Waals surface area contributed by atoms with Crippen molar-refractivity contribution in [2.75, 3.05) is 5.73 Å². The Morgan fingerprint density at radius 1 is 1.33 bits per heavy atom. The maximum atomic E-state index is 12.0. The monoisotopic (exact) mass is 250 g/mol. The SMILES string of the molecule is CCCC(CCC)NC(=O)c1ccc(O)c(N)c1. The molecule has 1 aromatic carbocycles. The molecular formula is C14H22N2O2. The molecule has 1 amide bonds. The number of hydrogen-bond donors (Lipinski definition) is 3. The van der Waals surface area contributed by atoms with Gasteiger partial charge < -0.3 is 16.2 Å².